The van der Waals surface area contributed by atoms with E-state index in [1.807, 2.05) is 12.1 Å². The summed E-state index contributed by atoms with van der Waals surface area (Å²) in [6.45, 7) is 7.37. The third kappa shape index (κ3) is 5.31. The average molecular weight is 388 g/mol. The van der Waals surface area contributed by atoms with Crippen LogP contribution in [-0.2, 0) is 11.3 Å². The Morgan fingerprint density at radius 1 is 1.33 bits per heavy atom. The molecule has 6 nitrogen and oxygen atoms in total. The van der Waals surface area contributed by atoms with Gasteiger partial charge >= 0.3 is 0 Å². The Kier molecular flexibility index (Phi) is 6.88. The first-order chi connectivity index (χ1) is 13.0. The maximum absolute atomic E-state index is 12.4. The molecule has 1 amide bonds. The molecule has 2 aromatic rings. The first kappa shape index (κ1) is 19.9. The number of hydrogen-bond acceptors (Lipinski definition) is 5. The molecule has 3 rings (SSSR count). The predicted octanol–water partition coefficient (Wildman–Crippen LogP) is 3.78. The average Bonchev–Trinajstić information content (AvgIpc) is 3.04. The van der Waals surface area contributed by atoms with Crippen molar-refractivity contribution in [2.24, 2.45) is 11.8 Å². The number of amides is 1. The van der Waals surface area contributed by atoms with Crippen LogP contribution in [0.2, 0.25) is 0 Å². The topological polar surface area (TPSA) is 72.7 Å². The second kappa shape index (κ2) is 9.35. The summed E-state index contributed by atoms with van der Waals surface area (Å²) in [5.41, 5.74) is 0.943. The van der Waals surface area contributed by atoms with Gasteiger partial charge in [0.1, 0.15) is 0 Å². The van der Waals surface area contributed by atoms with Gasteiger partial charge in [0.05, 0.1) is 5.75 Å². The highest BCUT2D eigenvalue weighted by Crippen LogP contribution is 2.26. The van der Waals surface area contributed by atoms with Crippen molar-refractivity contribution < 1.29 is 4.79 Å². The van der Waals surface area contributed by atoms with Gasteiger partial charge < -0.3 is 9.88 Å². The normalized spacial score (nSPS) is 20.0. The number of carbonyl (C=O) groups excluding carboxylic acids is 1. The molecule has 7 heteroatoms. The highest BCUT2D eigenvalue weighted by molar-refractivity contribution is 7.99. The number of pyridine rings is 1. The largest absolute Gasteiger partial charge is 0.352 e. The van der Waals surface area contributed by atoms with Gasteiger partial charge in [-0.1, -0.05) is 45.4 Å². The van der Waals surface area contributed by atoms with E-state index in [-0.39, 0.29) is 5.91 Å². The van der Waals surface area contributed by atoms with E-state index in [1.54, 1.807) is 12.4 Å². The van der Waals surface area contributed by atoms with Gasteiger partial charge in [-0.05, 0) is 36.8 Å². The van der Waals surface area contributed by atoms with Gasteiger partial charge in [-0.2, -0.15) is 0 Å². The van der Waals surface area contributed by atoms with Gasteiger partial charge in [0.15, 0.2) is 11.0 Å². The number of carbonyl (C=O) groups is 1. The molecule has 1 aliphatic rings. The lowest BCUT2D eigenvalue weighted by Gasteiger charge is -2.29. The summed E-state index contributed by atoms with van der Waals surface area (Å²) < 4.78 is 2.10. The van der Waals surface area contributed by atoms with Crippen LogP contribution in [0.3, 0.4) is 0 Å². The predicted molar refractivity (Wildman–Crippen MR) is 108 cm³/mol. The SMILES string of the molecule is CC(C)Cn1c(SCC(=O)N[C@@H]2CCCC[C@H]2C)nnc1-c1cccnc1. The lowest BCUT2D eigenvalue weighted by molar-refractivity contribution is -0.119. The molecule has 146 valence electrons. The maximum Gasteiger partial charge on any atom is 0.230 e. The van der Waals surface area contributed by atoms with Crippen molar-refractivity contribution in [3.63, 3.8) is 0 Å². The summed E-state index contributed by atoms with van der Waals surface area (Å²) >= 11 is 1.46. The van der Waals surface area contributed by atoms with Crippen molar-refractivity contribution in [3.8, 4) is 11.4 Å². The van der Waals surface area contributed by atoms with Crippen molar-refractivity contribution in [1.82, 2.24) is 25.1 Å². The van der Waals surface area contributed by atoms with Gasteiger partial charge in [0.2, 0.25) is 5.91 Å². The minimum absolute atomic E-state index is 0.0841. The van der Waals surface area contributed by atoms with Crippen LogP contribution in [0.25, 0.3) is 11.4 Å². The fraction of sp³-hybridized carbons (Fsp3) is 0.600. The quantitative estimate of drug-likeness (QED) is 0.732. The van der Waals surface area contributed by atoms with Crippen molar-refractivity contribution in [2.45, 2.75) is 64.2 Å². The van der Waals surface area contributed by atoms with E-state index in [0.717, 1.165) is 29.5 Å². The molecule has 0 radical (unpaired) electrons. The highest BCUT2D eigenvalue weighted by atomic mass is 32.2. The fourth-order valence-corrected chi connectivity index (χ4v) is 4.30. The van der Waals surface area contributed by atoms with Crippen LogP contribution in [0, 0.1) is 11.8 Å². The summed E-state index contributed by atoms with van der Waals surface area (Å²) in [7, 11) is 0. The number of rotatable bonds is 7. The van der Waals surface area contributed by atoms with Crippen LogP contribution in [0.1, 0.15) is 46.5 Å². The summed E-state index contributed by atoms with van der Waals surface area (Å²) in [6, 6.07) is 4.20. The van der Waals surface area contributed by atoms with Crippen LogP contribution in [0.4, 0.5) is 0 Å². The molecule has 1 aliphatic carbocycles. The van der Waals surface area contributed by atoms with Crippen LogP contribution in [0.5, 0.6) is 0 Å². The minimum atomic E-state index is 0.0841. The van der Waals surface area contributed by atoms with E-state index in [2.05, 4.69) is 45.8 Å². The molecule has 2 aromatic heterocycles. The van der Waals surface area contributed by atoms with Crippen molar-refractivity contribution >= 4 is 17.7 Å². The summed E-state index contributed by atoms with van der Waals surface area (Å²) in [5, 5.41) is 12.7. The molecule has 27 heavy (non-hydrogen) atoms. The van der Waals surface area contributed by atoms with Crippen LogP contribution < -0.4 is 5.32 Å². The Hall–Kier alpha value is -1.89. The van der Waals surface area contributed by atoms with Gasteiger partial charge in [0, 0.05) is 30.5 Å². The van der Waals surface area contributed by atoms with Crippen LogP contribution in [0.15, 0.2) is 29.7 Å². The summed E-state index contributed by atoms with van der Waals surface area (Å²) in [5.74, 6) is 2.27. The number of nitrogens with zero attached hydrogens (tertiary/aromatic N) is 4. The second-order valence-electron chi connectivity index (χ2n) is 7.78. The first-order valence-corrected chi connectivity index (χ1v) is 10.8. The van der Waals surface area contributed by atoms with Gasteiger partial charge in [-0.25, -0.2) is 0 Å². The minimum Gasteiger partial charge on any atom is -0.352 e. The molecule has 1 fully saturated rings. The summed E-state index contributed by atoms with van der Waals surface area (Å²) in [6.07, 6.45) is 8.32. The van der Waals surface area contributed by atoms with Crippen LogP contribution >= 0.6 is 11.8 Å². The van der Waals surface area contributed by atoms with E-state index < -0.39 is 0 Å². The molecule has 2 atom stereocenters. The second-order valence-corrected chi connectivity index (χ2v) is 8.72. The van der Waals surface area contributed by atoms with Gasteiger partial charge in [-0.15, -0.1) is 10.2 Å². The zero-order valence-corrected chi connectivity index (χ0v) is 17.2. The molecule has 0 bridgehead atoms. The third-order valence-electron chi connectivity index (χ3n) is 4.97. The molecule has 0 saturated heterocycles. The maximum atomic E-state index is 12.4. The lowest BCUT2D eigenvalue weighted by atomic mass is 9.86. The Labute approximate surface area is 165 Å². The van der Waals surface area contributed by atoms with Gasteiger partial charge in [0.25, 0.3) is 0 Å². The monoisotopic (exact) mass is 387 g/mol. The van der Waals surface area contributed by atoms with E-state index in [4.69, 9.17) is 0 Å². The Morgan fingerprint density at radius 2 is 2.15 bits per heavy atom. The van der Waals surface area contributed by atoms with E-state index >= 15 is 0 Å². The molecular formula is C20H29N5OS. The molecule has 0 unspecified atom stereocenters. The number of aromatic nitrogens is 4. The number of nitrogens with one attached hydrogen (secondary N) is 1. The molecule has 2 heterocycles. The Bertz CT molecular complexity index is 746. The fourth-order valence-electron chi connectivity index (χ4n) is 3.54. The van der Waals surface area contributed by atoms with E-state index in [9.17, 15) is 4.79 Å². The molecule has 1 N–H and O–H groups in total. The zero-order chi connectivity index (χ0) is 19.2. The first-order valence-electron chi connectivity index (χ1n) is 9.80. The molecule has 0 spiro atoms. The third-order valence-corrected chi connectivity index (χ3v) is 5.94. The van der Waals surface area contributed by atoms with Crippen molar-refractivity contribution in [1.29, 1.82) is 0 Å². The van der Waals surface area contributed by atoms with E-state index in [0.29, 0.717) is 23.6 Å². The van der Waals surface area contributed by atoms with Gasteiger partial charge in [-0.3, -0.25) is 9.78 Å². The van der Waals surface area contributed by atoms with Crippen LogP contribution in [-0.4, -0.2) is 37.5 Å². The lowest BCUT2D eigenvalue weighted by Crippen LogP contribution is -2.41. The van der Waals surface area contributed by atoms with E-state index in [1.165, 1.54) is 31.0 Å². The molecular weight excluding hydrogens is 358 g/mol. The molecule has 1 saturated carbocycles. The zero-order valence-electron chi connectivity index (χ0n) is 16.4. The highest BCUT2D eigenvalue weighted by Gasteiger charge is 2.23. The molecule has 0 aromatic carbocycles. The standard InChI is InChI=1S/C20H29N5OS/c1-14(2)12-25-19(16-8-6-10-21-11-16)23-24-20(25)27-13-18(26)22-17-9-5-4-7-15(17)3/h6,8,10-11,14-15,17H,4-5,7,9,12-13H2,1-3H3,(H,22,26)/t15-,17-/m1/s1. The van der Waals surface area contributed by atoms with Crippen molar-refractivity contribution in [3.05, 3.63) is 24.5 Å². The Balaban J connectivity index is 1.67. The number of thioether (sulfide) groups is 1. The summed E-state index contributed by atoms with van der Waals surface area (Å²) in [4.78, 5) is 16.6. The Morgan fingerprint density at radius 3 is 2.85 bits per heavy atom. The smallest absolute Gasteiger partial charge is 0.230 e. The molecule has 0 aliphatic heterocycles. The number of hydrogen-bond donors (Lipinski definition) is 1. The van der Waals surface area contributed by atoms with Crippen molar-refractivity contribution in [2.75, 3.05) is 5.75 Å².